The van der Waals surface area contributed by atoms with Crippen molar-refractivity contribution >= 4 is 23.2 Å². The highest BCUT2D eigenvalue weighted by molar-refractivity contribution is 6.24. The number of rotatable bonds is 4. The number of amides is 1. The maximum Gasteiger partial charge on any atom is 0.254 e. The third kappa shape index (κ3) is 4.15. The number of piperazine rings is 1. The Bertz CT molecular complexity index is 928. The fourth-order valence-corrected chi connectivity index (χ4v) is 3.58. The van der Waals surface area contributed by atoms with Crippen LogP contribution in [0.25, 0.3) is 11.6 Å². The van der Waals surface area contributed by atoms with Gasteiger partial charge in [-0.1, -0.05) is 78.9 Å². The molecule has 0 saturated carbocycles. The van der Waals surface area contributed by atoms with Crippen LogP contribution in [0.5, 0.6) is 0 Å². The summed E-state index contributed by atoms with van der Waals surface area (Å²) in [7, 11) is 0. The van der Waals surface area contributed by atoms with Crippen LogP contribution in [0.4, 0.5) is 5.69 Å². The first-order valence-electron chi connectivity index (χ1n) is 9.73. The number of hydrogen-bond acceptors (Lipinski definition) is 2. The van der Waals surface area contributed by atoms with Crippen LogP contribution in [0.15, 0.2) is 91.0 Å². The fourth-order valence-electron chi connectivity index (χ4n) is 3.58. The van der Waals surface area contributed by atoms with Crippen LogP contribution in [0.2, 0.25) is 0 Å². The van der Waals surface area contributed by atoms with Crippen molar-refractivity contribution in [3.63, 3.8) is 0 Å². The highest BCUT2D eigenvalue weighted by Gasteiger charge is 2.24. The van der Waals surface area contributed by atoms with Crippen molar-refractivity contribution in [1.82, 2.24) is 4.90 Å². The number of carbonyl (C=O) groups is 1. The van der Waals surface area contributed by atoms with Gasteiger partial charge in [0.25, 0.3) is 5.91 Å². The molecule has 1 amide bonds. The number of nitrogens with zero attached hydrogens (tertiary/aromatic N) is 2. The third-order valence-corrected chi connectivity index (χ3v) is 5.11. The Balaban J connectivity index is 1.54. The van der Waals surface area contributed by atoms with Gasteiger partial charge in [0.2, 0.25) is 0 Å². The molecule has 1 saturated heterocycles. The van der Waals surface area contributed by atoms with Gasteiger partial charge in [-0.2, -0.15) is 0 Å². The maximum absolute atomic E-state index is 13.4. The standard InChI is InChI=1S/C25H24N2O/c28-25(27-18-16-26(17-19-27)23-14-8-3-9-15-23)24(22-12-6-2-7-13-22)20-21-10-4-1-5-11-21/h1-15,20H,16-19H2. The van der Waals surface area contributed by atoms with Crippen molar-refractivity contribution in [1.29, 1.82) is 0 Å². The molecule has 0 N–H and O–H groups in total. The number of benzene rings is 3. The molecule has 0 aromatic heterocycles. The van der Waals surface area contributed by atoms with Gasteiger partial charge in [0.05, 0.1) is 0 Å². The van der Waals surface area contributed by atoms with E-state index in [2.05, 4.69) is 29.2 Å². The molecule has 1 aliphatic rings. The number of para-hydroxylation sites is 1. The maximum atomic E-state index is 13.4. The van der Waals surface area contributed by atoms with E-state index in [-0.39, 0.29) is 5.91 Å². The van der Waals surface area contributed by atoms with Gasteiger partial charge in [-0.3, -0.25) is 4.79 Å². The van der Waals surface area contributed by atoms with E-state index in [9.17, 15) is 4.79 Å². The molecular weight excluding hydrogens is 344 g/mol. The Morgan fingerprint density at radius 1 is 0.679 bits per heavy atom. The molecule has 4 rings (SSSR count). The van der Waals surface area contributed by atoms with E-state index in [1.54, 1.807) is 0 Å². The number of carbonyl (C=O) groups excluding carboxylic acids is 1. The molecule has 3 nitrogen and oxygen atoms in total. The van der Waals surface area contributed by atoms with Crippen LogP contribution >= 0.6 is 0 Å². The quantitative estimate of drug-likeness (QED) is 0.497. The van der Waals surface area contributed by atoms with Crippen LogP contribution in [0, 0.1) is 0 Å². The molecule has 1 fully saturated rings. The molecule has 0 unspecified atom stereocenters. The van der Waals surface area contributed by atoms with Crippen LogP contribution in [0.1, 0.15) is 11.1 Å². The summed E-state index contributed by atoms with van der Waals surface area (Å²) >= 11 is 0. The lowest BCUT2D eigenvalue weighted by atomic mass is 10.0. The highest BCUT2D eigenvalue weighted by Crippen LogP contribution is 2.23. The summed E-state index contributed by atoms with van der Waals surface area (Å²) in [6.07, 6.45) is 2.00. The second kappa shape index (κ2) is 8.57. The molecule has 3 aromatic rings. The number of anilines is 1. The monoisotopic (exact) mass is 368 g/mol. The summed E-state index contributed by atoms with van der Waals surface area (Å²) in [5, 5.41) is 0. The van der Waals surface area contributed by atoms with Gasteiger partial charge in [0.15, 0.2) is 0 Å². The number of hydrogen-bond donors (Lipinski definition) is 0. The Hall–Kier alpha value is -3.33. The lowest BCUT2D eigenvalue weighted by molar-refractivity contribution is -0.125. The minimum absolute atomic E-state index is 0.0998. The second-order valence-electron chi connectivity index (χ2n) is 6.95. The zero-order chi connectivity index (χ0) is 19.2. The van der Waals surface area contributed by atoms with Gasteiger partial charge in [-0.25, -0.2) is 0 Å². The Labute approximate surface area is 166 Å². The lowest BCUT2D eigenvalue weighted by Crippen LogP contribution is -2.49. The smallest absolute Gasteiger partial charge is 0.254 e. The first kappa shape index (κ1) is 18.1. The Morgan fingerprint density at radius 2 is 1.21 bits per heavy atom. The van der Waals surface area contributed by atoms with Gasteiger partial charge >= 0.3 is 0 Å². The van der Waals surface area contributed by atoms with Gasteiger partial charge in [0.1, 0.15) is 0 Å². The largest absolute Gasteiger partial charge is 0.368 e. The van der Waals surface area contributed by atoms with Gasteiger partial charge in [0, 0.05) is 37.4 Å². The molecule has 1 heterocycles. The lowest BCUT2D eigenvalue weighted by Gasteiger charge is -2.36. The average molecular weight is 368 g/mol. The first-order chi connectivity index (χ1) is 13.8. The molecule has 1 aliphatic heterocycles. The van der Waals surface area contributed by atoms with E-state index in [1.807, 2.05) is 77.7 Å². The van der Waals surface area contributed by atoms with Crippen molar-refractivity contribution in [3.05, 3.63) is 102 Å². The Morgan fingerprint density at radius 3 is 1.82 bits per heavy atom. The summed E-state index contributed by atoms with van der Waals surface area (Å²) in [4.78, 5) is 17.7. The molecule has 28 heavy (non-hydrogen) atoms. The highest BCUT2D eigenvalue weighted by atomic mass is 16.2. The molecule has 3 heteroatoms. The molecule has 3 aromatic carbocycles. The molecular formula is C25H24N2O. The van der Waals surface area contributed by atoms with Crippen molar-refractivity contribution in [2.24, 2.45) is 0 Å². The van der Waals surface area contributed by atoms with Crippen LogP contribution in [0.3, 0.4) is 0 Å². The fraction of sp³-hybridized carbons (Fsp3) is 0.160. The Kier molecular flexibility index (Phi) is 5.53. The van der Waals surface area contributed by atoms with Gasteiger partial charge in [-0.15, -0.1) is 0 Å². The van der Waals surface area contributed by atoms with Crippen molar-refractivity contribution in [3.8, 4) is 0 Å². The van der Waals surface area contributed by atoms with Gasteiger partial charge < -0.3 is 9.80 Å². The molecule has 0 aliphatic carbocycles. The van der Waals surface area contributed by atoms with E-state index in [0.29, 0.717) is 0 Å². The topological polar surface area (TPSA) is 23.6 Å². The summed E-state index contributed by atoms with van der Waals surface area (Å²) in [5.74, 6) is 0.0998. The van der Waals surface area contributed by atoms with E-state index in [1.165, 1.54) is 5.69 Å². The summed E-state index contributed by atoms with van der Waals surface area (Å²) in [6, 6.07) is 30.4. The van der Waals surface area contributed by atoms with E-state index in [0.717, 1.165) is 42.9 Å². The average Bonchev–Trinajstić information content (AvgIpc) is 2.79. The van der Waals surface area contributed by atoms with Crippen molar-refractivity contribution in [2.75, 3.05) is 31.1 Å². The van der Waals surface area contributed by atoms with Crippen molar-refractivity contribution < 1.29 is 4.79 Å². The molecule has 140 valence electrons. The summed E-state index contributed by atoms with van der Waals surface area (Å²) in [5.41, 5.74) is 3.97. The van der Waals surface area contributed by atoms with Crippen LogP contribution < -0.4 is 4.90 Å². The first-order valence-corrected chi connectivity index (χ1v) is 9.73. The third-order valence-electron chi connectivity index (χ3n) is 5.11. The summed E-state index contributed by atoms with van der Waals surface area (Å²) in [6.45, 7) is 3.16. The minimum atomic E-state index is 0.0998. The molecule has 0 spiro atoms. The molecule has 0 bridgehead atoms. The van der Waals surface area contributed by atoms with E-state index in [4.69, 9.17) is 0 Å². The molecule has 0 radical (unpaired) electrons. The zero-order valence-electron chi connectivity index (χ0n) is 15.9. The zero-order valence-corrected chi connectivity index (χ0v) is 15.9. The van der Waals surface area contributed by atoms with Crippen LogP contribution in [-0.4, -0.2) is 37.0 Å². The molecule has 0 atom stereocenters. The van der Waals surface area contributed by atoms with Crippen molar-refractivity contribution in [2.45, 2.75) is 0 Å². The van der Waals surface area contributed by atoms with E-state index >= 15 is 0 Å². The van der Waals surface area contributed by atoms with E-state index < -0.39 is 0 Å². The van der Waals surface area contributed by atoms with Crippen LogP contribution in [-0.2, 0) is 4.79 Å². The van der Waals surface area contributed by atoms with Gasteiger partial charge in [-0.05, 0) is 29.3 Å². The SMILES string of the molecule is O=C(C(=Cc1ccccc1)c1ccccc1)N1CCN(c2ccccc2)CC1. The second-order valence-corrected chi connectivity index (χ2v) is 6.95. The summed E-state index contributed by atoms with van der Waals surface area (Å²) < 4.78 is 0. The minimum Gasteiger partial charge on any atom is -0.368 e. The predicted octanol–water partition coefficient (Wildman–Crippen LogP) is 4.58. The normalized spacial score (nSPS) is 14.8. The predicted molar refractivity (Wildman–Crippen MR) is 116 cm³/mol.